The maximum absolute atomic E-state index is 12.8. The van der Waals surface area contributed by atoms with Crippen LogP contribution in [0.25, 0.3) is 11.2 Å². The highest BCUT2D eigenvalue weighted by Gasteiger charge is 2.22. The minimum Gasteiger partial charge on any atom is -0.309 e. The zero-order valence-electron chi connectivity index (χ0n) is 15.4. The van der Waals surface area contributed by atoms with Crippen molar-refractivity contribution in [2.75, 3.05) is 0 Å². The number of benzene rings is 1. The van der Waals surface area contributed by atoms with Crippen molar-refractivity contribution in [3.05, 3.63) is 55.7 Å². The Balaban J connectivity index is 2.30. The Morgan fingerprint density at radius 3 is 2.52 bits per heavy atom. The molecule has 1 aromatic carbocycles. The number of Topliss-reactive ketones (excluding diaryl/α,β-unsaturated/α-hetero) is 1. The number of aryl methyl sites for hydroxylation is 1. The van der Waals surface area contributed by atoms with Crippen molar-refractivity contribution in [2.24, 2.45) is 14.1 Å². The molecule has 0 N–H and O–H groups in total. The summed E-state index contributed by atoms with van der Waals surface area (Å²) in [6, 6.07) is 7.33. The number of nitrogens with zero attached hydrogens (tertiary/aromatic N) is 4. The first-order chi connectivity index (χ1) is 12.7. The van der Waals surface area contributed by atoms with Crippen LogP contribution in [-0.4, -0.2) is 29.7 Å². The summed E-state index contributed by atoms with van der Waals surface area (Å²) >= 11 is 7.55. The number of aromatic nitrogens is 4. The van der Waals surface area contributed by atoms with Crippen molar-refractivity contribution in [3.63, 3.8) is 0 Å². The third-order valence-corrected chi connectivity index (χ3v) is 6.03. The van der Waals surface area contributed by atoms with Crippen molar-refractivity contribution >= 4 is 40.3 Å². The van der Waals surface area contributed by atoms with Gasteiger partial charge in [0, 0.05) is 19.1 Å². The molecule has 0 fully saturated rings. The van der Waals surface area contributed by atoms with Crippen LogP contribution in [0.3, 0.4) is 0 Å². The Labute approximate surface area is 164 Å². The van der Waals surface area contributed by atoms with Crippen LogP contribution in [0.15, 0.2) is 39.0 Å². The van der Waals surface area contributed by atoms with Crippen LogP contribution in [-0.2, 0) is 25.4 Å². The first kappa shape index (κ1) is 19.4. The van der Waals surface area contributed by atoms with E-state index in [1.54, 1.807) is 24.6 Å². The van der Waals surface area contributed by atoms with Gasteiger partial charge in [-0.05, 0) is 25.5 Å². The van der Waals surface area contributed by atoms with Gasteiger partial charge in [0.05, 0.1) is 11.8 Å². The van der Waals surface area contributed by atoms with Gasteiger partial charge in [0.25, 0.3) is 5.56 Å². The van der Waals surface area contributed by atoms with E-state index in [0.29, 0.717) is 22.2 Å². The van der Waals surface area contributed by atoms with Crippen LogP contribution in [0.5, 0.6) is 0 Å². The molecule has 3 rings (SSSR count). The van der Waals surface area contributed by atoms with E-state index in [4.69, 9.17) is 11.6 Å². The van der Waals surface area contributed by atoms with Crippen molar-refractivity contribution in [1.82, 2.24) is 18.7 Å². The fourth-order valence-electron chi connectivity index (χ4n) is 2.70. The molecule has 0 saturated carbocycles. The number of hydrogen-bond donors (Lipinski definition) is 0. The van der Waals surface area contributed by atoms with Gasteiger partial charge in [-0.2, -0.15) is 0 Å². The average Bonchev–Trinajstić information content (AvgIpc) is 2.98. The largest absolute Gasteiger partial charge is 0.332 e. The van der Waals surface area contributed by atoms with E-state index in [2.05, 4.69) is 4.98 Å². The fourth-order valence-corrected chi connectivity index (χ4v) is 3.80. The molecule has 0 amide bonds. The number of thioether (sulfide) groups is 1. The number of rotatable bonds is 5. The Morgan fingerprint density at radius 1 is 1.22 bits per heavy atom. The molecule has 0 aliphatic carbocycles. The summed E-state index contributed by atoms with van der Waals surface area (Å²) in [7, 11) is 3.00. The summed E-state index contributed by atoms with van der Waals surface area (Å²) in [6.45, 7) is 3.59. The van der Waals surface area contributed by atoms with Gasteiger partial charge >= 0.3 is 5.69 Å². The van der Waals surface area contributed by atoms with E-state index in [-0.39, 0.29) is 16.7 Å². The highest BCUT2D eigenvalue weighted by Crippen LogP contribution is 2.28. The Morgan fingerprint density at radius 2 is 1.89 bits per heavy atom. The molecule has 3 aromatic rings. The molecular formula is C18H19ClN4O3S. The van der Waals surface area contributed by atoms with Gasteiger partial charge in [-0.3, -0.25) is 18.7 Å². The molecule has 2 heterocycles. The molecule has 0 aliphatic rings. The van der Waals surface area contributed by atoms with Crippen molar-refractivity contribution in [3.8, 4) is 0 Å². The minimum absolute atomic E-state index is 0.00172. The lowest BCUT2D eigenvalue weighted by Gasteiger charge is -2.12. The maximum atomic E-state index is 12.8. The molecule has 1 atom stereocenters. The predicted octanol–water partition coefficient (Wildman–Crippen LogP) is 2.20. The lowest BCUT2D eigenvalue weighted by atomic mass is 10.2. The Bertz CT molecular complexity index is 1160. The number of imidazole rings is 1. The van der Waals surface area contributed by atoms with Crippen molar-refractivity contribution in [1.29, 1.82) is 0 Å². The Kier molecular flexibility index (Phi) is 5.30. The number of hydrogen-bond acceptors (Lipinski definition) is 5. The van der Waals surface area contributed by atoms with Crippen LogP contribution in [0.4, 0.5) is 0 Å². The predicted molar refractivity (Wildman–Crippen MR) is 107 cm³/mol. The molecule has 0 aliphatic heterocycles. The Hall–Kier alpha value is -2.32. The van der Waals surface area contributed by atoms with Crippen LogP contribution in [0, 0.1) is 0 Å². The monoisotopic (exact) mass is 406 g/mol. The molecule has 2 aromatic heterocycles. The van der Waals surface area contributed by atoms with Gasteiger partial charge in [-0.1, -0.05) is 41.6 Å². The fraction of sp³-hybridized carbons (Fsp3) is 0.333. The van der Waals surface area contributed by atoms with Gasteiger partial charge in [-0.15, -0.1) is 0 Å². The van der Waals surface area contributed by atoms with Gasteiger partial charge in [-0.25, -0.2) is 9.78 Å². The second-order valence-corrected chi connectivity index (χ2v) is 8.04. The SMILES string of the molecule is CC(=O)[C@H](C)Sc1nc2c(c(=O)n(C)c(=O)n2C)n1Cc1ccccc1Cl. The van der Waals surface area contributed by atoms with Crippen LogP contribution in [0.2, 0.25) is 5.02 Å². The zero-order valence-corrected chi connectivity index (χ0v) is 17.0. The number of carbonyl (C=O) groups excluding carboxylic acids is 1. The molecule has 0 saturated heterocycles. The second-order valence-electron chi connectivity index (χ2n) is 6.32. The summed E-state index contributed by atoms with van der Waals surface area (Å²) in [4.78, 5) is 41.3. The third kappa shape index (κ3) is 3.46. The molecule has 0 bridgehead atoms. The van der Waals surface area contributed by atoms with E-state index in [9.17, 15) is 14.4 Å². The number of carbonyl (C=O) groups is 1. The molecule has 9 heteroatoms. The van der Waals surface area contributed by atoms with Crippen molar-refractivity contribution < 1.29 is 4.79 Å². The number of fused-ring (bicyclic) bond motifs is 1. The molecule has 0 radical (unpaired) electrons. The lowest BCUT2D eigenvalue weighted by molar-refractivity contribution is -0.116. The third-order valence-electron chi connectivity index (χ3n) is 4.45. The quantitative estimate of drug-likeness (QED) is 0.607. The molecular weight excluding hydrogens is 388 g/mol. The van der Waals surface area contributed by atoms with E-state index in [1.165, 1.54) is 30.3 Å². The first-order valence-corrected chi connectivity index (χ1v) is 9.55. The highest BCUT2D eigenvalue weighted by atomic mass is 35.5. The van der Waals surface area contributed by atoms with E-state index >= 15 is 0 Å². The molecule has 7 nitrogen and oxygen atoms in total. The highest BCUT2D eigenvalue weighted by molar-refractivity contribution is 8.00. The summed E-state index contributed by atoms with van der Waals surface area (Å²) < 4.78 is 4.11. The van der Waals surface area contributed by atoms with Crippen LogP contribution < -0.4 is 11.2 Å². The standard InChI is InChI=1S/C18H19ClN4O3S/c1-10(24)11(2)27-17-20-15-14(16(25)22(4)18(26)21(15)3)23(17)9-12-7-5-6-8-13(12)19/h5-8,11H,9H2,1-4H3/t11-/m0/s1. The molecule has 27 heavy (non-hydrogen) atoms. The zero-order chi connectivity index (χ0) is 19.9. The molecule has 0 spiro atoms. The van der Waals surface area contributed by atoms with Crippen molar-refractivity contribution in [2.45, 2.75) is 30.8 Å². The van der Waals surface area contributed by atoms with E-state index < -0.39 is 11.2 Å². The van der Waals surface area contributed by atoms with Gasteiger partial charge < -0.3 is 4.57 Å². The van der Waals surface area contributed by atoms with Gasteiger partial charge in [0.15, 0.2) is 16.3 Å². The average molecular weight is 407 g/mol. The molecule has 142 valence electrons. The van der Waals surface area contributed by atoms with E-state index in [1.807, 2.05) is 18.2 Å². The lowest BCUT2D eigenvalue weighted by Crippen LogP contribution is -2.37. The summed E-state index contributed by atoms with van der Waals surface area (Å²) in [5, 5.41) is 0.718. The summed E-state index contributed by atoms with van der Waals surface area (Å²) in [5.74, 6) is -0.00172. The first-order valence-electron chi connectivity index (χ1n) is 8.29. The summed E-state index contributed by atoms with van der Waals surface area (Å²) in [5.41, 5.74) is 0.513. The van der Waals surface area contributed by atoms with E-state index in [0.717, 1.165) is 10.1 Å². The van der Waals surface area contributed by atoms with Crippen LogP contribution >= 0.6 is 23.4 Å². The normalized spacial score (nSPS) is 12.5. The maximum Gasteiger partial charge on any atom is 0.332 e. The minimum atomic E-state index is -0.453. The smallest absolute Gasteiger partial charge is 0.309 e. The van der Waals surface area contributed by atoms with Crippen LogP contribution in [0.1, 0.15) is 19.4 Å². The number of ketones is 1. The summed E-state index contributed by atoms with van der Waals surface area (Å²) in [6.07, 6.45) is 0. The second kappa shape index (κ2) is 7.36. The van der Waals surface area contributed by atoms with Gasteiger partial charge in [0.2, 0.25) is 0 Å². The molecule has 0 unspecified atom stereocenters. The number of halogens is 1. The van der Waals surface area contributed by atoms with Gasteiger partial charge in [0.1, 0.15) is 5.78 Å². The topological polar surface area (TPSA) is 78.9 Å².